The van der Waals surface area contributed by atoms with Crippen molar-refractivity contribution < 1.29 is 14.6 Å². The summed E-state index contributed by atoms with van der Waals surface area (Å²) in [5.41, 5.74) is 0.967. The van der Waals surface area contributed by atoms with Crippen LogP contribution in [-0.4, -0.2) is 27.5 Å². The van der Waals surface area contributed by atoms with Gasteiger partial charge in [-0.05, 0) is 26.0 Å². The van der Waals surface area contributed by atoms with Crippen LogP contribution in [0.15, 0.2) is 23.0 Å². The zero-order valence-corrected chi connectivity index (χ0v) is 11.4. The van der Waals surface area contributed by atoms with Crippen molar-refractivity contribution in [3.8, 4) is 0 Å². The highest BCUT2D eigenvalue weighted by Gasteiger charge is 2.13. The molecule has 0 radical (unpaired) electrons. The van der Waals surface area contributed by atoms with Gasteiger partial charge >= 0.3 is 5.97 Å². The molecule has 0 spiro atoms. The van der Waals surface area contributed by atoms with Crippen LogP contribution < -0.4 is 5.56 Å². The van der Waals surface area contributed by atoms with Gasteiger partial charge in [-0.1, -0.05) is 11.6 Å². The number of aromatic nitrogens is 2. The molecule has 6 heteroatoms. The minimum absolute atomic E-state index is 0.243. The maximum absolute atomic E-state index is 12.3. The number of carbonyl (C=O) groups is 1. The molecular weight excluding hydrogens is 260 g/mol. The van der Waals surface area contributed by atoms with Crippen LogP contribution in [0, 0.1) is 6.92 Å². The van der Waals surface area contributed by atoms with E-state index in [0.717, 1.165) is 10.2 Å². The molecule has 0 aliphatic carbocycles. The smallest absolute Gasteiger partial charge is 0.327 e. The van der Waals surface area contributed by atoms with Crippen molar-refractivity contribution in [3.05, 3.63) is 39.8 Å². The summed E-state index contributed by atoms with van der Waals surface area (Å²) in [7, 11) is 0. The Morgan fingerprint density at radius 1 is 1.40 bits per heavy atom. The summed E-state index contributed by atoms with van der Waals surface area (Å²) in [5.74, 6) is -0.530. The minimum atomic E-state index is -0.530. The molecule has 0 aliphatic heterocycles. The number of hydrogen-bond donors (Lipinski definition) is 1. The van der Waals surface area contributed by atoms with Crippen LogP contribution in [-0.2, 0) is 22.7 Å². The second-order valence-corrected chi connectivity index (χ2v) is 4.42. The fourth-order valence-electron chi connectivity index (χ4n) is 2.02. The van der Waals surface area contributed by atoms with Crippen LogP contribution >= 0.6 is 0 Å². The van der Waals surface area contributed by atoms with Gasteiger partial charge < -0.3 is 9.84 Å². The summed E-state index contributed by atoms with van der Waals surface area (Å²) in [4.78, 5) is 23.7. The number of ether oxygens (including phenoxy) is 1. The zero-order valence-electron chi connectivity index (χ0n) is 11.4. The first-order chi connectivity index (χ1) is 9.56. The maximum atomic E-state index is 12.3. The second kappa shape index (κ2) is 5.83. The van der Waals surface area contributed by atoms with E-state index in [-0.39, 0.29) is 25.3 Å². The van der Waals surface area contributed by atoms with Gasteiger partial charge in [0.1, 0.15) is 6.54 Å². The van der Waals surface area contributed by atoms with Crippen molar-refractivity contribution in [2.75, 3.05) is 6.61 Å². The lowest BCUT2D eigenvalue weighted by molar-refractivity contribution is -0.144. The summed E-state index contributed by atoms with van der Waals surface area (Å²) >= 11 is 0. The molecule has 20 heavy (non-hydrogen) atoms. The Bertz CT molecular complexity index is 706. The molecule has 0 saturated carbocycles. The van der Waals surface area contributed by atoms with Crippen molar-refractivity contribution >= 4 is 16.7 Å². The van der Waals surface area contributed by atoms with E-state index in [9.17, 15) is 14.7 Å². The molecule has 2 aromatic rings. The Balaban J connectivity index is 2.57. The first-order valence-corrected chi connectivity index (χ1v) is 6.33. The predicted octanol–water partition coefficient (Wildman–Crippen LogP) is 0.760. The van der Waals surface area contributed by atoms with Crippen molar-refractivity contribution in [1.82, 2.24) is 9.78 Å². The van der Waals surface area contributed by atoms with Gasteiger partial charge in [-0.3, -0.25) is 9.59 Å². The van der Waals surface area contributed by atoms with Crippen molar-refractivity contribution in [2.24, 2.45) is 0 Å². The molecule has 0 aliphatic rings. The van der Waals surface area contributed by atoms with Gasteiger partial charge in [0.15, 0.2) is 0 Å². The average molecular weight is 276 g/mol. The third-order valence-electron chi connectivity index (χ3n) is 2.93. The summed E-state index contributed by atoms with van der Waals surface area (Å²) < 4.78 is 5.83. The number of fused-ring (bicyclic) bond motifs is 1. The fourth-order valence-corrected chi connectivity index (χ4v) is 2.02. The number of aryl methyl sites for hydroxylation is 1. The summed E-state index contributed by atoms with van der Waals surface area (Å²) in [6.07, 6.45) is 0. The van der Waals surface area contributed by atoms with E-state index in [1.54, 1.807) is 25.1 Å². The van der Waals surface area contributed by atoms with Gasteiger partial charge in [0, 0.05) is 5.39 Å². The fraction of sp³-hybridized carbons (Fsp3) is 0.357. The molecule has 0 atom stereocenters. The average Bonchev–Trinajstić information content (AvgIpc) is 2.42. The van der Waals surface area contributed by atoms with Gasteiger partial charge in [-0.2, -0.15) is 5.10 Å². The molecule has 106 valence electrons. The van der Waals surface area contributed by atoms with Crippen molar-refractivity contribution in [1.29, 1.82) is 0 Å². The van der Waals surface area contributed by atoms with Crippen LogP contribution in [0.25, 0.3) is 10.8 Å². The maximum Gasteiger partial charge on any atom is 0.327 e. The summed E-state index contributed by atoms with van der Waals surface area (Å²) in [5, 5.41) is 14.5. The molecular formula is C14H16N2O4. The molecule has 0 amide bonds. The predicted molar refractivity (Wildman–Crippen MR) is 73.3 cm³/mol. The molecule has 0 bridgehead atoms. The number of esters is 1. The minimum Gasteiger partial charge on any atom is -0.465 e. The zero-order chi connectivity index (χ0) is 14.7. The summed E-state index contributed by atoms with van der Waals surface area (Å²) in [6.45, 7) is 3.26. The molecule has 6 nitrogen and oxygen atoms in total. The monoisotopic (exact) mass is 276 g/mol. The number of hydrogen-bond acceptors (Lipinski definition) is 5. The van der Waals surface area contributed by atoms with Crippen LogP contribution in [0.1, 0.15) is 18.2 Å². The lowest BCUT2D eigenvalue weighted by Gasteiger charge is -2.09. The highest BCUT2D eigenvalue weighted by atomic mass is 16.5. The lowest BCUT2D eigenvalue weighted by Crippen LogP contribution is -2.29. The number of rotatable bonds is 4. The van der Waals surface area contributed by atoms with Gasteiger partial charge in [0.25, 0.3) is 5.56 Å². The van der Waals surface area contributed by atoms with Crippen LogP contribution in [0.5, 0.6) is 0 Å². The molecule has 1 aromatic heterocycles. The quantitative estimate of drug-likeness (QED) is 0.834. The van der Waals surface area contributed by atoms with Gasteiger partial charge in [-0.25, -0.2) is 4.68 Å². The SMILES string of the molecule is CCOC(=O)Cn1nc(CO)c2cc(C)ccc2c1=O. The topological polar surface area (TPSA) is 81.4 Å². The standard InChI is InChI=1S/C14H16N2O4/c1-3-20-13(18)7-16-14(19)10-5-4-9(2)6-11(10)12(8-17)15-16/h4-6,17H,3,7-8H2,1-2H3. The van der Waals surface area contributed by atoms with Crippen LogP contribution in [0.2, 0.25) is 0 Å². The Morgan fingerprint density at radius 2 is 2.15 bits per heavy atom. The molecule has 1 heterocycles. The van der Waals surface area contributed by atoms with Gasteiger partial charge in [0.05, 0.1) is 24.3 Å². The Labute approximate surface area is 115 Å². The van der Waals surface area contributed by atoms with Crippen LogP contribution in [0.4, 0.5) is 0 Å². The Kier molecular flexibility index (Phi) is 4.14. The van der Waals surface area contributed by atoms with E-state index in [1.807, 2.05) is 6.92 Å². The van der Waals surface area contributed by atoms with Crippen LogP contribution in [0.3, 0.4) is 0 Å². The number of nitrogens with zero attached hydrogens (tertiary/aromatic N) is 2. The summed E-state index contributed by atoms with van der Waals surface area (Å²) in [6, 6.07) is 5.28. The van der Waals surface area contributed by atoms with Gasteiger partial charge in [0.2, 0.25) is 0 Å². The molecule has 0 saturated heterocycles. The van der Waals surface area contributed by atoms with Crippen molar-refractivity contribution in [3.63, 3.8) is 0 Å². The highest BCUT2D eigenvalue weighted by molar-refractivity contribution is 5.84. The molecule has 0 fully saturated rings. The number of aliphatic hydroxyl groups excluding tert-OH is 1. The molecule has 1 aromatic carbocycles. The van der Waals surface area contributed by atoms with E-state index in [4.69, 9.17) is 4.74 Å². The van der Waals surface area contributed by atoms with E-state index in [2.05, 4.69) is 5.10 Å². The van der Waals surface area contributed by atoms with E-state index < -0.39 is 5.97 Å². The Morgan fingerprint density at radius 3 is 2.80 bits per heavy atom. The third-order valence-corrected chi connectivity index (χ3v) is 2.93. The normalized spacial score (nSPS) is 10.8. The second-order valence-electron chi connectivity index (χ2n) is 4.42. The third kappa shape index (κ3) is 2.70. The number of benzene rings is 1. The largest absolute Gasteiger partial charge is 0.465 e. The van der Waals surface area contributed by atoms with Crippen molar-refractivity contribution in [2.45, 2.75) is 27.0 Å². The number of carbonyl (C=O) groups excluding carboxylic acids is 1. The van der Waals surface area contributed by atoms with E-state index in [0.29, 0.717) is 16.5 Å². The van der Waals surface area contributed by atoms with Gasteiger partial charge in [-0.15, -0.1) is 0 Å². The highest BCUT2D eigenvalue weighted by Crippen LogP contribution is 2.15. The lowest BCUT2D eigenvalue weighted by atomic mass is 10.1. The molecule has 1 N–H and O–H groups in total. The molecule has 0 unspecified atom stereocenters. The Hall–Kier alpha value is -2.21. The first-order valence-electron chi connectivity index (χ1n) is 6.33. The van der Waals surface area contributed by atoms with E-state index in [1.165, 1.54) is 0 Å². The molecule has 2 rings (SSSR count). The van der Waals surface area contributed by atoms with E-state index >= 15 is 0 Å². The first kappa shape index (κ1) is 14.2. The number of aliphatic hydroxyl groups is 1.